The molecule has 1 fully saturated rings. The summed E-state index contributed by atoms with van der Waals surface area (Å²) in [4.78, 5) is 29.0. The third-order valence-corrected chi connectivity index (χ3v) is 4.05. The Morgan fingerprint density at radius 2 is 2.23 bits per heavy atom. The number of rotatable bonds is 5. The van der Waals surface area contributed by atoms with Gasteiger partial charge in [0.05, 0.1) is 12.4 Å². The van der Waals surface area contributed by atoms with Gasteiger partial charge in [-0.15, -0.1) is 5.10 Å². The summed E-state index contributed by atoms with van der Waals surface area (Å²) in [5, 5.41) is 9.76. The molecule has 1 aromatic rings. The molecule has 0 radical (unpaired) electrons. The first-order valence-electron chi connectivity index (χ1n) is 7.10. The summed E-state index contributed by atoms with van der Waals surface area (Å²) in [6.07, 6.45) is 1.16. The number of ether oxygens (including phenoxy) is 1. The molecule has 0 spiro atoms. The van der Waals surface area contributed by atoms with Crippen molar-refractivity contribution in [3.8, 4) is 0 Å². The average molecular weight is 328 g/mol. The van der Waals surface area contributed by atoms with Crippen molar-refractivity contribution in [2.75, 3.05) is 31.2 Å². The molecule has 1 aliphatic rings. The van der Waals surface area contributed by atoms with Crippen LogP contribution in [0.3, 0.4) is 0 Å². The predicted molar refractivity (Wildman–Crippen MR) is 81.3 cm³/mol. The number of aromatic amines is 1. The van der Waals surface area contributed by atoms with Gasteiger partial charge in [-0.25, -0.2) is 9.89 Å². The Balaban J connectivity index is 1.67. The number of likely N-dealkylation sites (tertiary alicyclic amines) is 1. The number of H-pyrrole nitrogens is 1. The number of nitrogen functional groups attached to an aromatic ring is 1. The van der Waals surface area contributed by atoms with Crippen molar-refractivity contribution in [1.29, 1.82) is 0 Å². The van der Waals surface area contributed by atoms with Crippen LogP contribution in [0.15, 0.2) is 5.16 Å². The van der Waals surface area contributed by atoms with E-state index in [1.807, 2.05) is 0 Å². The number of hydrogen-bond acceptors (Lipinski definition) is 7. The van der Waals surface area contributed by atoms with Gasteiger partial charge in [0.25, 0.3) is 0 Å². The fraction of sp³-hybridized carbons (Fsp3) is 0.667. The topological polar surface area (TPSA) is 126 Å². The number of nitrogens with one attached hydrogen (secondary N) is 2. The fourth-order valence-electron chi connectivity index (χ4n) is 2.14. The first-order valence-corrected chi connectivity index (χ1v) is 8.08. The van der Waals surface area contributed by atoms with Crippen molar-refractivity contribution in [2.24, 2.45) is 0 Å². The number of amides is 2. The van der Waals surface area contributed by atoms with Crippen molar-refractivity contribution < 1.29 is 14.3 Å². The van der Waals surface area contributed by atoms with Crippen LogP contribution in [-0.4, -0.2) is 63.6 Å². The molecule has 0 atom stereocenters. The molecule has 1 saturated heterocycles. The summed E-state index contributed by atoms with van der Waals surface area (Å²) >= 11 is 1.22. The molecule has 2 rings (SSSR count). The Morgan fingerprint density at radius 1 is 1.50 bits per heavy atom. The summed E-state index contributed by atoms with van der Waals surface area (Å²) in [5.74, 6) is 0.382. The van der Waals surface area contributed by atoms with Gasteiger partial charge in [0, 0.05) is 19.1 Å². The average Bonchev–Trinajstić information content (AvgIpc) is 2.92. The number of nitrogens with zero attached hydrogens (tertiary/aromatic N) is 3. The van der Waals surface area contributed by atoms with Crippen LogP contribution in [0.2, 0.25) is 0 Å². The highest BCUT2D eigenvalue weighted by molar-refractivity contribution is 7.99. The Hall–Kier alpha value is -1.97. The molecule has 1 aromatic heterocycles. The van der Waals surface area contributed by atoms with Gasteiger partial charge in [0.2, 0.25) is 17.0 Å². The zero-order valence-electron chi connectivity index (χ0n) is 12.4. The number of thioether (sulfide) groups is 1. The van der Waals surface area contributed by atoms with Crippen LogP contribution >= 0.6 is 11.8 Å². The number of piperidine rings is 1. The third kappa shape index (κ3) is 4.79. The van der Waals surface area contributed by atoms with Crippen LogP contribution < -0.4 is 11.1 Å². The van der Waals surface area contributed by atoms with E-state index < -0.39 is 0 Å². The van der Waals surface area contributed by atoms with Gasteiger partial charge in [-0.05, 0) is 19.8 Å². The molecule has 9 nitrogen and oxygen atoms in total. The standard InChI is InChI=1S/C12H20N6O3S/c1-2-21-12(20)18-5-3-8(4-6-18)14-9(19)7-22-11-15-10(13)16-17-11/h8H,2-7H2,1H3,(H,14,19)(H3,13,15,16,17). The minimum Gasteiger partial charge on any atom is -0.450 e. The molecule has 0 bridgehead atoms. The van der Waals surface area contributed by atoms with E-state index in [0.29, 0.717) is 24.9 Å². The number of anilines is 1. The summed E-state index contributed by atoms with van der Waals surface area (Å²) in [5.41, 5.74) is 5.41. The summed E-state index contributed by atoms with van der Waals surface area (Å²) in [6, 6.07) is 0.0796. The summed E-state index contributed by atoms with van der Waals surface area (Å²) in [7, 11) is 0. The molecule has 22 heavy (non-hydrogen) atoms. The van der Waals surface area contributed by atoms with Gasteiger partial charge >= 0.3 is 6.09 Å². The normalized spacial score (nSPS) is 15.6. The van der Waals surface area contributed by atoms with Gasteiger partial charge in [-0.1, -0.05) is 11.8 Å². The molecule has 122 valence electrons. The van der Waals surface area contributed by atoms with Crippen LogP contribution in [0.5, 0.6) is 0 Å². The van der Waals surface area contributed by atoms with E-state index in [0.717, 1.165) is 12.8 Å². The van der Waals surface area contributed by atoms with Gasteiger partial charge < -0.3 is 20.7 Å². The molecule has 0 aliphatic carbocycles. The van der Waals surface area contributed by atoms with Crippen molar-refractivity contribution >= 4 is 29.7 Å². The number of carbonyl (C=O) groups is 2. The molecule has 10 heteroatoms. The predicted octanol–water partition coefficient (Wildman–Crippen LogP) is 0.216. The van der Waals surface area contributed by atoms with E-state index in [9.17, 15) is 9.59 Å². The zero-order chi connectivity index (χ0) is 15.9. The smallest absolute Gasteiger partial charge is 0.409 e. The molecule has 1 aliphatic heterocycles. The van der Waals surface area contributed by atoms with Crippen LogP contribution in [-0.2, 0) is 9.53 Å². The number of aromatic nitrogens is 3. The molecule has 4 N–H and O–H groups in total. The van der Waals surface area contributed by atoms with Gasteiger partial charge in [-0.2, -0.15) is 4.98 Å². The number of nitrogens with two attached hydrogens (primary N) is 1. The highest BCUT2D eigenvalue weighted by Crippen LogP contribution is 2.14. The number of carbonyl (C=O) groups excluding carboxylic acids is 2. The quantitative estimate of drug-likeness (QED) is 0.660. The van der Waals surface area contributed by atoms with E-state index in [-0.39, 0.29) is 29.7 Å². The maximum Gasteiger partial charge on any atom is 0.409 e. The van der Waals surface area contributed by atoms with E-state index in [1.165, 1.54) is 11.8 Å². The van der Waals surface area contributed by atoms with Gasteiger partial charge in [-0.3, -0.25) is 4.79 Å². The third-order valence-electron chi connectivity index (χ3n) is 3.20. The Kier molecular flexibility index (Phi) is 5.87. The van der Waals surface area contributed by atoms with Crippen LogP contribution in [0.25, 0.3) is 0 Å². The van der Waals surface area contributed by atoms with Crippen molar-refractivity contribution in [3.05, 3.63) is 0 Å². The first-order chi connectivity index (χ1) is 10.6. The Morgan fingerprint density at radius 3 is 2.82 bits per heavy atom. The molecule has 0 saturated carbocycles. The maximum absolute atomic E-state index is 11.9. The lowest BCUT2D eigenvalue weighted by atomic mass is 10.1. The number of hydrogen-bond donors (Lipinski definition) is 3. The second-order valence-electron chi connectivity index (χ2n) is 4.82. The van der Waals surface area contributed by atoms with E-state index in [1.54, 1.807) is 11.8 Å². The molecular weight excluding hydrogens is 308 g/mol. The lowest BCUT2D eigenvalue weighted by Gasteiger charge is -2.31. The molecule has 2 heterocycles. The van der Waals surface area contributed by atoms with Gasteiger partial charge in [0.15, 0.2) is 0 Å². The van der Waals surface area contributed by atoms with Gasteiger partial charge in [0.1, 0.15) is 0 Å². The van der Waals surface area contributed by atoms with Crippen molar-refractivity contribution in [1.82, 2.24) is 25.4 Å². The molecule has 0 unspecified atom stereocenters. The van der Waals surface area contributed by atoms with Crippen LogP contribution in [0.4, 0.5) is 10.7 Å². The second kappa shape index (κ2) is 7.87. The SMILES string of the molecule is CCOC(=O)N1CCC(NC(=O)CSc2n[nH]c(N)n2)CC1. The van der Waals surface area contributed by atoms with Crippen LogP contribution in [0.1, 0.15) is 19.8 Å². The molecular formula is C12H20N6O3S. The van der Waals surface area contributed by atoms with E-state index in [2.05, 4.69) is 20.5 Å². The minimum atomic E-state index is -0.287. The Bertz CT molecular complexity index is 515. The largest absolute Gasteiger partial charge is 0.450 e. The summed E-state index contributed by atoms with van der Waals surface area (Å²) in [6.45, 7) is 3.34. The van der Waals surface area contributed by atoms with Crippen molar-refractivity contribution in [3.63, 3.8) is 0 Å². The fourth-order valence-corrected chi connectivity index (χ4v) is 2.76. The highest BCUT2D eigenvalue weighted by atomic mass is 32.2. The van der Waals surface area contributed by atoms with Crippen molar-refractivity contribution in [2.45, 2.75) is 31.0 Å². The minimum absolute atomic E-state index is 0.0796. The second-order valence-corrected chi connectivity index (χ2v) is 5.76. The van der Waals surface area contributed by atoms with E-state index in [4.69, 9.17) is 10.5 Å². The molecule has 2 amide bonds. The lowest BCUT2D eigenvalue weighted by molar-refractivity contribution is -0.119. The van der Waals surface area contributed by atoms with Crippen LogP contribution in [0, 0.1) is 0 Å². The maximum atomic E-state index is 11.9. The summed E-state index contributed by atoms with van der Waals surface area (Å²) < 4.78 is 4.96. The van der Waals surface area contributed by atoms with E-state index >= 15 is 0 Å². The highest BCUT2D eigenvalue weighted by Gasteiger charge is 2.24. The first kappa shape index (κ1) is 16.4. The zero-order valence-corrected chi connectivity index (χ0v) is 13.2. The lowest BCUT2D eigenvalue weighted by Crippen LogP contribution is -2.47. The monoisotopic (exact) mass is 328 g/mol. The molecule has 0 aromatic carbocycles. The Labute approximate surface area is 132 Å².